The second kappa shape index (κ2) is 5.97. The molecule has 0 aliphatic heterocycles. The van der Waals surface area contributed by atoms with Crippen molar-refractivity contribution in [1.29, 1.82) is 15.8 Å². The molecule has 7 nitrogen and oxygen atoms in total. The molecule has 1 atom stereocenters. The lowest BCUT2D eigenvalue weighted by molar-refractivity contribution is 0.186. The summed E-state index contributed by atoms with van der Waals surface area (Å²) in [5.74, 6) is 0.526. The number of nitriles is 3. The minimum absolute atomic E-state index is 0.115. The molecule has 2 aromatic rings. The molecule has 0 radical (unpaired) electrons. The summed E-state index contributed by atoms with van der Waals surface area (Å²) in [5, 5.41) is 39.1. The summed E-state index contributed by atoms with van der Waals surface area (Å²) in [6, 6.07) is 10.3. The molecular formula is C15H12N6O. The molecule has 0 aliphatic carbocycles. The predicted molar refractivity (Wildman–Crippen MR) is 78.8 cm³/mol. The van der Waals surface area contributed by atoms with Crippen LogP contribution in [0.1, 0.15) is 18.9 Å². The second-order valence-corrected chi connectivity index (χ2v) is 4.62. The number of aryl methyl sites for hydroxylation is 1. The van der Waals surface area contributed by atoms with Crippen molar-refractivity contribution in [3.05, 3.63) is 35.3 Å². The van der Waals surface area contributed by atoms with Gasteiger partial charge in [0.15, 0.2) is 5.57 Å². The molecule has 22 heavy (non-hydrogen) atoms. The lowest BCUT2D eigenvalue weighted by atomic mass is 10.2. The van der Waals surface area contributed by atoms with Gasteiger partial charge in [-0.15, -0.1) is 0 Å². The third kappa shape index (κ3) is 2.60. The van der Waals surface area contributed by atoms with Gasteiger partial charge in [0.05, 0.1) is 11.0 Å². The zero-order valence-electron chi connectivity index (χ0n) is 12.0. The number of anilines is 1. The highest BCUT2D eigenvalue weighted by Gasteiger charge is 2.13. The fourth-order valence-corrected chi connectivity index (χ4v) is 2.10. The summed E-state index contributed by atoms with van der Waals surface area (Å²) in [7, 11) is 1.80. The van der Waals surface area contributed by atoms with Crippen LogP contribution >= 0.6 is 0 Å². The Bertz CT molecular complexity index is 870. The van der Waals surface area contributed by atoms with Crippen molar-refractivity contribution in [2.45, 2.75) is 13.0 Å². The maximum atomic E-state index is 9.67. The first-order chi connectivity index (χ1) is 10.5. The van der Waals surface area contributed by atoms with E-state index in [1.807, 2.05) is 0 Å². The van der Waals surface area contributed by atoms with Crippen molar-refractivity contribution < 1.29 is 5.11 Å². The van der Waals surface area contributed by atoms with Gasteiger partial charge in [-0.2, -0.15) is 15.8 Å². The Kier molecular flexibility index (Phi) is 4.08. The number of benzene rings is 1. The number of hydrogen-bond acceptors (Lipinski definition) is 6. The van der Waals surface area contributed by atoms with Crippen molar-refractivity contribution >= 4 is 16.7 Å². The number of aliphatic hydroxyl groups excluding tert-OH is 1. The highest BCUT2D eigenvalue weighted by molar-refractivity contribution is 5.81. The first-order valence-corrected chi connectivity index (χ1v) is 6.37. The van der Waals surface area contributed by atoms with Crippen molar-refractivity contribution in [2.75, 3.05) is 5.32 Å². The summed E-state index contributed by atoms with van der Waals surface area (Å²) >= 11 is 0. The molecule has 0 fully saturated rings. The van der Waals surface area contributed by atoms with Gasteiger partial charge in [0, 0.05) is 12.7 Å². The Morgan fingerprint density at radius 3 is 2.50 bits per heavy atom. The summed E-state index contributed by atoms with van der Waals surface area (Å²) in [6.45, 7) is 1.63. The Morgan fingerprint density at radius 1 is 1.27 bits per heavy atom. The molecule has 0 saturated carbocycles. The van der Waals surface area contributed by atoms with E-state index in [4.69, 9.17) is 15.8 Å². The maximum Gasteiger partial charge on any atom is 0.163 e. The molecule has 0 amide bonds. The molecule has 1 heterocycles. The van der Waals surface area contributed by atoms with Gasteiger partial charge in [-0.3, -0.25) is 0 Å². The van der Waals surface area contributed by atoms with E-state index in [-0.39, 0.29) is 11.3 Å². The number of imidazole rings is 1. The molecule has 1 aromatic heterocycles. The third-order valence-electron chi connectivity index (χ3n) is 3.14. The van der Waals surface area contributed by atoms with Crippen molar-refractivity contribution in [3.8, 4) is 18.2 Å². The normalized spacial score (nSPS) is 11.1. The van der Waals surface area contributed by atoms with Crippen LogP contribution in [0.3, 0.4) is 0 Å². The van der Waals surface area contributed by atoms with Crippen molar-refractivity contribution in [2.24, 2.45) is 7.05 Å². The lowest BCUT2D eigenvalue weighted by Gasteiger charge is -2.05. The van der Waals surface area contributed by atoms with Crippen LogP contribution < -0.4 is 5.32 Å². The van der Waals surface area contributed by atoms with Gasteiger partial charge >= 0.3 is 0 Å². The van der Waals surface area contributed by atoms with Gasteiger partial charge < -0.3 is 15.0 Å². The highest BCUT2D eigenvalue weighted by Crippen LogP contribution is 2.23. The monoisotopic (exact) mass is 292 g/mol. The van der Waals surface area contributed by atoms with Crippen LogP contribution in [0.25, 0.3) is 11.0 Å². The van der Waals surface area contributed by atoms with E-state index in [2.05, 4.69) is 10.3 Å². The van der Waals surface area contributed by atoms with Gasteiger partial charge in [0.2, 0.25) is 0 Å². The largest absolute Gasteiger partial charge is 0.385 e. The van der Waals surface area contributed by atoms with E-state index >= 15 is 0 Å². The SMILES string of the molecule is CC(O)c1nc2cc(NC(C#N)=C(C#N)C#N)ccc2n1C. The van der Waals surface area contributed by atoms with E-state index in [0.29, 0.717) is 17.0 Å². The molecule has 0 bridgehead atoms. The Hall–Kier alpha value is -3.34. The smallest absolute Gasteiger partial charge is 0.163 e. The number of aromatic nitrogens is 2. The zero-order chi connectivity index (χ0) is 16.3. The lowest BCUT2D eigenvalue weighted by Crippen LogP contribution is -2.01. The van der Waals surface area contributed by atoms with Crippen LogP contribution in [0.4, 0.5) is 5.69 Å². The van der Waals surface area contributed by atoms with E-state index in [1.54, 1.807) is 54.9 Å². The number of allylic oxidation sites excluding steroid dienone is 2. The second-order valence-electron chi connectivity index (χ2n) is 4.62. The highest BCUT2D eigenvalue weighted by atomic mass is 16.3. The van der Waals surface area contributed by atoms with Crippen LogP contribution in [0, 0.1) is 34.0 Å². The van der Waals surface area contributed by atoms with Crippen molar-refractivity contribution in [3.63, 3.8) is 0 Å². The molecule has 0 saturated heterocycles. The molecule has 1 aromatic carbocycles. The molecule has 108 valence electrons. The number of hydrogen-bond donors (Lipinski definition) is 2. The minimum Gasteiger partial charge on any atom is -0.385 e. The Balaban J connectivity index is 2.48. The number of nitrogens with one attached hydrogen (secondary N) is 1. The molecule has 2 N–H and O–H groups in total. The van der Waals surface area contributed by atoms with Gasteiger partial charge in [0.1, 0.15) is 35.8 Å². The number of rotatable bonds is 3. The van der Waals surface area contributed by atoms with Gasteiger partial charge in [-0.25, -0.2) is 4.98 Å². The van der Waals surface area contributed by atoms with Crippen molar-refractivity contribution in [1.82, 2.24) is 9.55 Å². The van der Waals surface area contributed by atoms with Crippen LogP contribution in [-0.4, -0.2) is 14.7 Å². The number of aliphatic hydroxyl groups is 1. The quantitative estimate of drug-likeness (QED) is 0.833. The van der Waals surface area contributed by atoms with Gasteiger partial charge in [-0.1, -0.05) is 0 Å². The van der Waals surface area contributed by atoms with Crippen LogP contribution in [0.2, 0.25) is 0 Å². The molecule has 2 rings (SSSR count). The summed E-state index contributed by atoms with van der Waals surface area (Å²) < 4.78 is 1.78. The maximum absolute atomic E-state index is 9.67. The standard InChI is InChI=1S/C15H12N6O/c1-9(22)15-20-12-5-11(3-4-14(12)21(15)2)19-13(8-18)10(6-16)7-17/h3-5,9,19,22H,1-2H3. The zero-order valence-corrected chi connectivity index (χ0v) is 12.0. The number of nitrogens with zero attached hydrogens (tertiary/aromatic N) is 5. The fourth-order valence-electron chi connectivity index (χ4n) is 2.10. The minimum atomic E-state index is -0.702. The fraction of sp³-hybridized carbons (Fsp3) is 0.200. The Labute approximate surface area is 127 Å². The average molecular weight is 292 g/mol. The molecule has 1 unspecified atom stereocenters. The van der Waals surface area contributed by atoms with E-state index in [9.17, 15) is 5.11 Å². The molecular weight excluding hydrogens is 280 g/mol. The summed E-state index contributed by atoms with van der Waals surface area (Å²) in [4.78, 5) is 4.33. The molecule has 0 spiro atoms. The van der Waals surface area contributed by atoms with Crippen LogP contribution in [-0.2, 0) is 7.05 Å². The average Bonchev–Trinajstić information content (AvgIpc) is 2.84. The Morgan fingerprint density at radius 2 is 1.95 bits per heavy atom. The van der Waals surface area contributed by atoms with Gasteiger partial charge in [0.25, 0.3) is 0 Å². The first kappa shape index (κ1) is 15.1. The summed E-state index contributed by atoms with van der Waals surface area (Å²) in [5.41, 5.74) is 1.59. The molecule has 7 heteroatoms. The first-order valence-electron chi connectivity index (χ1n) is 6.37. The molecule has 0 aliphatic rings. The van der Waals surface area contributed by atoms with E-state index in [0.717, 1.165) is 5.52 Å². The third-order valence-corrected chi connectivity index (χ3v) is 3.14. The summed E-state index contributed by atoms with van der Waals surface area (Å²) in [6.07, 6.45) is -0.702. The number of fused-ring (bicyclic) bond motifs is 1. The van der Waals surface area contributed by atoms with Gasteiger partial charge in [-0.05, 0) is 25.1 Å². The van der Waals surface area contributed by atoms with E-state index < -0.39 is 6.10 Å². The van der Waals surface area contributed by atoms with E-state index in [1.165, 1.54) is 0 Å². The van der Waals surface area contributed by atoms with Crippen LogP contribution in [0.5, 0.6) is 0 Å². The topological polar surface area (TPSA) is 121 Å². The predicted octanol–water partition coefficient (Wildman–Crippen LogP) is 1.86. The van der Waals surface area contributed by atoms with Crippen LogP contribution in [0.15, 0.2) is 29.5 Å².